The molecule has 0 aliphatic heterocycles. The van der Waals surface area contributed by atoms with E-state index in [4.69, 9.17) is 4.74 Å². The Balaban J connectivity index is 2.69. The quantitative estimate of drug-likeness (QED) is 0.846. The average Bonchev–Trinajstić information content (AvgIpc) is 2.31. The number of ether oxygens (including phenoxy) is 1. The van der Waals surface area contributed by atoms with Crippen molar-refractivity contribution in [2.24, 2.45) is 0 Å². The lowest BCUT2D eigenvalue weighted by Crippen LogP contribution is -2.34. The van der Waals surface area contributed by atoms with Crippen molar-refractivity contribution in [1.82, 2.24) is 9.80 Å². The van der Waals surface area contributed by atoms with Gasteiger partial charge in [0, 0.05) is 26.2 Å². The third-order valence-corrected chi connectivity index (χ3v) is 2.63. The Labute approximate surface area is 108 Å². The van der Waals surface area contributed by atoms with Gasteiger partial charge in [-0.2, -0.15) is 0 Å². The van der Waals surface area contributed by atoms with Crippen molar-refractivity contribution >= 4 is 5.91 Å². The monoisotopic (exact) mass is 252 g/mol. The maximum atomic E-state index is 11.5. The normalized spacial score (nSPS) is 10.5. The van der Waals surface area contributed by atoms with Gasteiger partial charge in [-0.25, -0.2) is 0 Å². The molecule has 1 aromatic carbocycles. The number of phenols is 1. The van der Waals surface area contributed by atoms with Crippen molar-refractivity contribution in [1.29, 1.82) is 0 Å². The maximum absolute atomic E-state index is 11.5. The fourth-order valence-corrected chi connectivity index (χ4v) is 1.53. The molecule has 0 atom stereocenters. The lowest BCUT2D eigenvalue weighted by molar-refractivity contribution is -0.129. The van der Waals surface area contributed by atoms with Crippen LogP contribution in [0.5, 0.6) is 11.5 Å². The summed E-state index contributed by atoms with van der Waals surface area (Å²) in [6, 6.07) is 5.06. The van der Waals surface area contributed by atoms with E-state index in [-0.39, 0.29) is 11.7 Å². The zero-order chi connectivity index (χ0) is 13.7. The van der Waals surface area contributed by atoms with Gasteiger partial charge in [0.2, 0.25) is 5.91 Å². The second-order valence-electron chi connectivity index (χ2n) is 4.46. The molecule has 18 heavy (non-hydrogen) atoms. The number of amides is 1. The van der Waals surface area contributed by atoms with Gasteiger partial charge in [-0.1, -0.05) is 0 Å². The largest absolute Gasteiger partial charge is 0.508 e. The van der Waals surface area contributed by atoms with Crippen LogP contribution in [0.3, 0.4) is 0 Å². The number of rotatable bonds is 5. The Kier molecular flexibility index (Phi) is 4.97. The van der Waals surface area contributed by atoms with Crippen molar-refractivity contribution in [2.45, 2.75) is 6.54 Å². The second-order valence-corrected chi connectivity index (χ2v) is 4.46. The highest BCUT2D eigenvalue weighted by Crippen LogP contribution is 2.23. The lowest BCUT2D eigenvalue weighted by Gasteiger charge is -2.19. The molecule has 0 radical (unpaired) electrons. The molecule has 1 amide bonds. The highest BCUT2D eigenvalue weighted by atomic mass is 16.5. The standard InChI is InChI=1S/C13H20N2O3/c1-14(2)13(17)9-15(3)8-10-7-11(18-4)5-6-12(10)16/h5-7,16H,8-9H2,1-4H3. The molecule has 1 N–H and O–H groups in total. The Hall–Kier alpha value is -1.75. The first-order chi connectivity index (χ1) is 8.43. The summed E-state index contributed by atoms with van der Waals surface area (Å²) < 4.78 is 5.11. The third kappa shape index (κ3) is 3.92. The van der Waals surface area contributed by atoms with Gasteiger partial charge in [0.1, 0.15) is 11.5 Å². The molecule has 0 spiro atoms. The van der Waals surface area contributed by atoms with Gasteiger partial charge < -0.3 is 14.7 Å². The summed E-state index contributed by atoms with van der Waals surface area (Å²) in [6.07, 6.45) is 0. The van der Waals surface area contributed by atoms with Gasteiger partial charge in [-0.05, 0) is 25.2 Å². The number of nitrogens with zero attached hydrogens (tertiary/aromatic N) is 2. The van der Waals surface area contributed by atoms with Gasteiger partial charge in [0.15, 0.2) is 0 Å². The number of likely N-dealkylation sites (N-methyl/N-ethyl adjacent to an activating group) is 2. The number of carbonyl (C=O) groups excluding carboxylic acids is 1. The molecule has 5 nitrogen and oxygen atoms in total. The van der Waals surface area contributed by atoms with Gasteiger partial charge in [0.05, 0.1) is 13.7 Å². The first-order valence-corrected chi connectivity index (χ1v) is 5.68. The molecule has 0 saturated carbocycles. The summed E-state index contributed by atoms with van der Waals surface area (Å²) in [5.74, 6) is 0.926. The molecule has 100 valence electrons. The van der Waals surface area contributed by atoms with Crippen LogP contribution in [0, 0.1) is 0 Å². The molecule has 1 rings (SSSR count). The van der Waals surface area contributed by atoms with E-state index in [9.17, 15) is 9.90 Å². The molecule has 0 aliphatic carbocycles. The van der Waals surface area contributed by atoms with Crippen molar-refractivity contribution in [3.63, 3.8) is 0 Å². The second kappa shape index (κ2) is 6.26. The van der Waals surface area contributed by atoms with Crippen molar-refractivity contribution in [3.05, 3.63) is 23.8 Å². The summed E-state index contributed by atoms with van der Waals surface area (Å²) >= 11 is 0. The number of benzene rings is 1. The lowest BCUT2D eigenvalue weighted by atomic mass is 10.2. The fraction of sp³-hybridized carbons (Fsp3) is 0.462. The Morgan fingerprint density at radius 2 is 2.00 bits per heavy atom. The Morgan fingerprint density at radius 3 is 2.56 bits per heavy atom. The van der Waals surface area contributed by atoms with E-state index in [1.807, 2.05) is 11.9 Å². The topological polar surface area (TPSA) is 53.0 Å². The van der Waals surface area contributed by atoms with Crippen LogP contribution in [0.15, 0.2) is 18.2 Å². The van der Waals surface area contributed by atoms with Crippen LogP contribution in [0.2, 0.25) is 0 Å². The molecular weight excluding hydrogens is 232 g/mol. The molecule has 0 saturated heterocycles. The van der Waals surface area contributed by atoms with Gasteiger partial charge in [0.25, 0.3) is 0 Å². The van der Waals surface area contributed by atoms with Crippen LogP contribution in [0.4, 0.5) is 0 Å². The van der Waals surface area contributed by atoms with Crippen molar-refractivity contribution in [3.8, 4) is 11.5 Å². The third-order valence-electron chi connectivity index (χ3n) is 2.63. The Morgan fingerprint density at radius 1 is 1.33 bits per heavy atom. The van der Waals surface area contributed by atoms with E-state index >= 15 is 0 Å². The van der Waals surface area contributed by atoms with Gasteiger partial charge >= 0.3 is 0 Å². The minimum atomic E-state index is 0.0277. The van der Waals surface area contributed by atoms with E-state index in [0.717, 1.165) is 5.56 Å². The van der Waals surface area contributed by atoms with Crippen LogP contribution >= 0.6 is 0 Å². The number of methoxy groups -OCH3 is 1. The molecule has 0 aromatic heterocycles. The van der Waals surface area contributed by atoms with Gasteiger partial charge in [-0.15, -0.1) is 0 Å². The first kappa shape index (κ1) is 14.3. The summed E-state index contributed by atoms with van der Waals surface area (Å²) in [5.41, 5.74) is 0.739. The number of phenolic OH excluding ortho intramolecular Hbond substituents is 1. The summed E-state index contributed by atoms with van der Waals surface area (Å²) in [7, 11) is 6.86. The van der Waals surface area contributed by atoms with E-state index < -0.39 is 0 Å². The van der Waals surface area contributed by atoms with Crippen molar-refractivity contribution in [2.75, 3.05) is 34.8 Å². The highest BCUT2D eigenvalue weighted by Gasteiger charge is 2.11. The predicted octanol–water partition coefficient (Wildman–Crippen LogP) is 0.921. The zero-order valence-electron chi connectivity index (χ0n) is 11.3. The first-order valence-electron chi connectivity index (χ1n) is 5.68. The number of aromatic hydroxyl groups is 1. The molecule has 5 heteroatoms. The number of hydrogen-bond acceptors (Lipinski definition) is 4. The summed E-state index contributed by atoms with van der Waals surface area (Å²) in [6.45, 7) is 0.798. The molecule has 1 aromatic rings. The molecular formula is C13H20N2O3. The van der Waals surface area contributed by atoms with Crippen LogP contribution in [-0.4, -0.2) is 55.6 Å². The number of carbonyl (C=O) groups is 1. The van der Waals surface area contributed by atoms with Crippen LogP contribution in [0.25, 0.3) is 0 Å². The van der Waals surface area contributed by atoms with Gasteiger partial charge in [-0.3, -0.25) is 9.69 Å². The fourth-order valence-electron chi connectivity index (χ4n) is 1.53. The minimum Gasteiger partial charge on any atom is -0.508 e. The molecule has 0 heterocycles. The van der Waals surface area contributed by atoms with Crippen LogP contribution < -0.4 is 4.74 Å². The molecule has 0 fully saturated rings. The summed E-state index contributed by atoms with van der Waals surface area (Å²) in [4.78, 5) is 14.9. The molecule has 0 aliphatic rings. The van der Waals surface area contributed by atoms with Crippen LogP contribution in [-0.2, 0) is 11.3 Å². The smallest absolute Gasteiger partial charge is 0.236 e. The average molecular weight is 252 g/mol. The highest BCUT2D eigenvalue weighted by molar-refractivity contribution is 5.77. The zero-order valence-corrected chi connectivity index (χ0v) is 11.3. The minimum absolute atomic E-state index is 0.0277. The number of hydrogen-bond donors (Lipinski definition) is 1. The van der Waals surface area contributed by atoms with E-state index in [0.29, 0.717) is 18.8 Å². The molecule has 0 unspecified atom stereocenters. The maximum Gasteiger partial charge on any atom is 0.236 e. The van der Waals surface area contributed by atoms with Crippen molar-refractivity contribution < 1.29 is 14.6 Å². The van der Waals surface area contributed by atoms with E-state index in [1.54, 1.807) is 44.3 Å². The summed E-state index contributed by atoms with van der Waals surface area (Å²) in [5, 5.41) is 9.75. The van der Waals surface area contributed by atoms with E-state index in [2.05, 4.69) is 0 Å². The Bertz CT molecular complexity index is 419. The molecule has 0 bridgehead atoms. The predicted molar refractivity (Wildman–Crippen MR) is 69.7 cm³/mol. The SMILES string of the molecule is COc1ccc(O)c(CN(C)CC(=O)N(C)C)c1. The van der Waals surface area contributed by atoms with Crippen LogP contribution in [0.1, 0.15) is 5.56 Å². The van der Waals surface area contributed by atoms with E-state index in [1.165, 1.54) is 0 Å².